The number of hydrogen-bond donors (Lipinski definition) is 1. The number of nitrogens with two attached hydrogens (primary N) is 1. The number of pyridine rings is 1. The molecule has 1 aliphatic heterocycles. The Morgan fingerprint density at radius 2 is 2.00 bits per heavy atom. The summed E-state index contributed by atoms with van der Waals surface area (Å²) in [7, 11) is 5.19. The summed E-state index contributed by atoms with van der Waals surface area (Å²) in [5.74, 6) is 2.39. The van der Waals surface area contributed by atoms with Crippen LogP contribution >= 0.6 is 0 Å². The molecule has 8 heteroatoms. The number of hydrogen-bond acceptors (Lipinski definition) is 6. The van der Waals surface area contributed by atoms with E-state index in [9.17, 15) is 4.79 Å². The van der Waals surface area contributed by atoms with E-state index in [4.69, 9.17) is 20.2 Å². The van der Waals surface area contributed by atoms with Gasteiger partial charge >= 0.3 is 0 Å². The van der Waals surface area contributed by atoms with Crippen LogP contribution in [0.2, 0.25) is 0 Å². The summed E-state index contributed by atoms with van der Waals surface area (Å²) >= 11 is 0. The molecule has 3 heterocycles. The third kappa shape index (κ3) is 3.04. The number of fused-ring (bicyclic) bond motifs is 3. The molecule has 1 saturated heterocycles. The summed E-state index contributed by atoms with van der Waals surface area (Å²) in [6, 6.07) is 7.72. The minimum absolute atomic E-state index is 0.000384. The largest absolute Gasteiger partial charge is 0.494 e. The van der Waals surface area contributed by atoms with Crippen LogP contribution < -0.4 is 15.2 Å². The molecule has 2 aliphatic rings. The van der Waals surface area contributed by atoms with E-state index in [1.54, 1.807) is 14.2 Å². The fourth-order valence-corrected chi connectivity index (χ4v) is 5.35. The average Bonchev–Trinajstić information content (AvgIpc) is 3.46. The van der Waals surface area contributed by atoms with E-state index in [2.05, 4.69) is 11.9 Å². The lowest BCUT2D eigenvalue weighted by atomic mass is 10.1. The van der Waals surface area contributed by atoms with Gasteiger partial charge in [0.05, 0.1) is 25.4 Å². The van der Waals surface area contributed by atoms with Gasteiger partial charge in [-0.3, -0.25) is 4.79 Å². The molecule has 0 radical (unpaired) electrons. The third-order valence-corrected chi connectivity index (χ3v) is 7.05. The van der Waals surface area contributed by atoms with E-state index < -0.39 is 0 Å². The number of piperidine rings is 1. The summed E-state index contributed by atoms with van der Waals surface area (Å²) < 4.78 is 13.0. The van der Waals surface area contributed by atoms with Crippen LogP contribution in [0, 0.1) is 5.92 Å². The maximum Gasteiger partial charge on any atom is 0.254 e. The molecule has 1 aromatic carbocycles. The first-order valence-electron chi connectivity index (χ1n) is 11.1. The number of likely N-dealkylation sites (tertiary alicyclic amines) is 1. The molecule has 1 saturated carbocycles. The van der Waals surface area contributed by atoms with Gasteiger partial charge in [0.1, 0.15) is 17.1 Å². The zero-order chi connectivity index (χ0) is 22.6. The zero-order valence-corrected chi connectivity index (χ0v) is 19.0. The number of nitrogens with zero attached hydrogens (tertiary/aromatic N) is 4. The number of amides is 1. The Morgan fingerprint density at radius 1 is 1.19 bits per heavy atom. The first-order valence-corrected chi connectivity index (χ1v) is 11.1. The van der Waals surface area contributed by atoms with Gasteiger partial charge in [0.25, 0.3) is 5.91 Å². The van der Waals surface area contributed by atoms with Gasteiger partial charge in [-0.25, -0.2) is 9.97 Å². The van der Waals surface area contributed by atoms with Crippen LogP contribution in [0.15, 0.2) is 24.3 Å². The minimum Gasteiger partial charge on any atom is -0.494 e. The van der Waals surface area contributed by atoms with Crippen molar-refractivity contribution in [1.29, 1.82) is 0 Å². The fourth-order valence-electron chi connectivity index (χ4n) is 5.35. The molecule has 8 nitrogen and oxygen atoms in total. The van der Waals surface area contributed by atoms with Crippen LogP contribution in [0.3, 0.4) is 0 Å². The molecule has 168 valence electrons. The lowest BCUT2D eigenvalue weighted by Gasteiger charge is -2.27. The number of methoxy groups -OCH3 is 2. The smallest absolute Gasteiger partial charge is 0.254 e. The Hall–Kier alpha value is -3.13. The highest BCUT2D eigenvalue weighted by Gasteiger charge is 2.47. The summed E-state index contributed by atoms with van der Waals surface area (Å²) in [6.45, 7) is 2.79. The molecule has 2 aromatic heterocycles. The number of benzene rings is 1. The SMILES string of the molecule is CCc1nc(OC)ccc1-c1nc2cc(C(=O)N3C[C@H]4CC[C@@H]3[C@@H]4N)cc(OC)c2n1C. The molecule has 3 aromatic rings. The summed E-state index contributed by atoms with van der Waals surface area (Å²) in [5, 5.41) is 0. The van der Waals surface area contributed by atoms with Gasteiger partial charge in [0, 0.05) is 42.9 Å². The Morgan fingerprint density at radius 3 is 2.62 bits per heavy atom. The number of rotatable bonds is 5. The topological polar surface area (TPSA) is 95.5 Å². The molecular formula is C24H29N5O3. The van der Waals surface area contributed by atoms with E-state index in [1.807, 2.05) is 40.8 Å². The highest BCUT2D eigenvalue weighted by molar-refractivity contribution is 6.00. The number of aryl methyl sites for hydroxylation is 2. The predicted octanol–water partition coefficient (Wildman–Crippen LogP) is 2.78. The van der Waals surface area contributed by atoms with Crippen molar-refractivity contribution in [3.63, 3.8) is 0 Å². The molecule has 2 fully saturated rings. The van der Waals surface area contributed by atoms with Gasteiger partial charge in [-0.2, -0.15) is 0 Å². The standard InChI is InChI=1S/C24H29N5O3/c1-5-16-15(7-9-20(26-16)32-4)23-27-17-10-14(11-19(31-3)22(17)28(23)2)24(30)29-12-13-6-8-18(29)21(13)25/h7,9-11,13,18,21H,5-6,8,12,25H2,1-4H3/t13-,18-,21-/m1/s1. The van der Waals surface area contributed by atoms with Gasteiger partial charge in [-0.15, -0.1) is 0 Å². The maximum atomic E-state index is 13.4. The Labute approximate surface area is 187 Å². The van der Waals surface area contributed by atoms with Gasteiger partial charge in [0.2, 0.25) is 5.88 Å². The molecule has 5 rings (SSSR count). The van der Waals surface area contributed by atoms with E-state index in [0.717, 1.165) is 53.9 Å². The van der Waals surface area contributed by atoms with Crippen LogP contribution in [0.5, 0.6) is 11.6 Å². The first kappa shape index (κ1) is 20.8. The second-order valence-corrected chi connectivity index (χ2v) is 8.68. The van der Waals surface area contributed by atoms with Gasteiger partial charge in [-0.05, 0) is 43.4 Å². The molecule has 2 bridgehead atoms. The van der Waals surface area contributed by atoms with Crippen molar-refractivity contribution < 1.29 is 14.3 Å². The molecule has 0 unspecified atom stereocenters. The summed E-state index contributed by atoms with van der Waals surface area (Å²) in [6.07, 6.45) is 2.83. The van der Waals surface area contributed by atoms with Gasteiger partial charge in [0.15, 0.2) is 0 Å². The normalized spacial score (nSPS) is 22.0. The van der Waals surface area contributed by atoms with Gasteiger partial charge in [-0.1, -0.05) is 6.92 Å². The van der Waals surface area contributed by atoms with E-state index in [1.165, 1.54) is 0 Å². The van der Waals surface area contributed by atoms with E-state index >= 15 is 0 Å². The lowest BCUT2D eigenvalue weighted by Crippen LogP contribution is -2.41. The average molecular weight is 436 g/mol. The van der Waals surface area contributed by atoms with Crippen molar-refractivity contribution in [2.24, 2.45) is 18.7 Å². The molecule has 32 heavy (non-hydrogen) atoms. The first-order chi connectivity index (χ1) is 15.5. The molecule has 1 amide bonds. The number of carbonyl (C=O) groups excluding carboxylic acids is 1. The second kappa shape index (κ2) is 7.78. The van der Waals surface area contributed by atoms with Crippen LogP contribution in [-0.2, 0) is 13.5 Å². The molecule has 0 spiro atoms. The van der Waals surface area contributed by atoms with Crippen LogP contribution in [0.4, 0.5) is 0 Å². The number of aromatic nitrogens is 3. The van der Waals surface area contributed by atoms with Crippen LogP contribution in [0.25, 0.3) is 22.4 Å². The van der Waals surface area contributed by atoms with Crippen molar-refractivity contribution in [1.82, 2.24) is 19.4 Å². The number of ether oxygens (including phenoxy) is 2. The van der Waals surface area contributed by atoms with Crippen molar-refractivity contribution >= 4 is 16.9 Å². The van der Waals surface area contributed by atoms with Crippen molar-refractivity contribution in [2.45, 2.75) is 38.3 Å². The van der Waals surface area contributed by atoms with Crippen molar-refractivity contribution in [3.05, 3.63) is 35.5 Å². The molecule has 1 aliphatic carbocycles. The molecule has 3 atom stereocenters. The lowest BCUT2D eigenvalue weighted by molar-refractivity contribution is 0.0700. The summed E-state index contributed by atoms with van der Waals surface area (Å²) in [4.78, 5) is 24.8. The highest BCUT2D eigenvalue weighted by Crippen LogP contribution is 2.39. The maximum absolute atomic E-state index is 13.4. The van der Waals surface area contributed by atoms with Crippen molar-refractivity contribution in [2.75, 3.05) is 20.8 Å². The van der Waals surface area contributed by atoms with Crippen LogP contribution in [-0.4, -0.2) is 58.2 Å². The predicted molar refractivity (Wildman–Crippen MR) is 122 cm³/mol. The highest BCUT2D eigenvalue weighted by atomic mass is 16.5. The zero-order valence-electron chi connectivity index (χ0n) is 19.0. The van der Waals surface area contributed by atoms with Crippen molar-refractivity contribution in [3.8, 4) is 23.0 Å². The minimum atomic E-state index is 0.000384. The monoisotopic (exact) mass is 435 g/mol. The van der Waals surface area contributed by atoms with Gasteiger partial charge < -0.3 is 24.7 Å². The quantitative estimate of drug-likeness (QED) is 0.662. The summed E-state index contributed by atoms with van der Waals surface area (Å²) in [5.41, 5.74) is 10.3. The Bertz CT molecular complexity index is 1200. The Kier molecular flexibility index (Phi) is 5.04. The second-order valence-electron chi connectivity index (χ2n) is 8.68. The fraction of sp³-hybridized carbons (Fsp3) is 0.458. The number of carbonyl (C=O) groups is 1. The van der Waals surface area contributed by atoms with E-state index in [0.29, 0.717) is 23.1 Å². The Balaban J connectivity index is 1.59. The van der Waals surface area contributed by atoms with Crippen LogP contribution in [0.1, 0.15) is 35.8 Å². The molecular weight excluding hydrogens is 406 g/mol. The number of imidazole rings is 1. The van der Waals surface area contributed by atoms with E-state index in [-0.39, 0.29) is 18.0 Å². The molecule has 2 N–H and O–H groups in total. The third-order valence-electron chi connectivity index (χ3n) is 7.05.